The van der Waals surface area contributed by atoms with E-state index in [1.807, 2.05) is 20.8 Å². The predicted molar refractivity (Wildman–Crippen MR) is 103 cm³/mol. The van der Waals surface area contributed by atoms with Crippen LogP contribution in [0.5, 0.6) is 0 Å². The number of aromatic nitrogens is 3. The van der Waals surface area contributed by atoms with Crippen LogP contribution in [0.3, 0.4) is 0 Å². The van der Waals surface area contributed by atoms with Gasteiger partial charge in [-0.3, -0.25) is 0 Å². The molecule has 0 amide bonds. The Hall–Kier alpha value is -1.68. The third-order valence-electron chi connectivity index (χ3n) is 3.43. The third kappa shape index (κ3) is 3.12. The lowest BCUT2D eigenvalue weighted by Gasteiger charge is -2.09. The van der Waals surface area contributed by atoms with Crippen molar-refractivity contribution >= 4 is 49.6 Å². The van der Waals surface area contributed by atoms with Crippen molar-refractivity contribution in [3.8, 4) is 0 Å². The highest BCUT2D eigenvalue weighted by molar-refractivity contribution is 14.1. The van der Waals surface area contributed by atoms with E-state index in [4.69, 9.17) is 0 Å². The summed E-state index contributed by atoms with van der Waals surface area (Å²) in [6, 6.07) is 6.98. The Bertz CT molecular complexity index is 995. The van der Waals surface area contributed by atoms with Gasteiger partial charge in [0.15, 0.2) is 5.65 Å². The van der Waals surface area contributed by atoms with Crippen molar-refractivity contribution < 1.29 is 8.42 Å². The lowest BCUT2D eigenvalue weighted by molar-refractivity contribution is 0.588. The fourth-order valence-corrected chi connectivity index (χ4v) is 4.44. The maximum absolute atomic E-state index is 12.9. The molecule has 0 unspecified atom stereocenters. The monoisotopic (exact) mass is 456 g/mol. The van der Waals surface area contributed by atoms with Gasteiger partial charge in [-0.05, 0) is 55.5 Å². The van der Waals surface area contributed by atoms with Crippen LogP contribution in [-0.2, 0) is 10.0 Å². The second-order valence-corrected chi connectivity index (χ2v) is 8.79. The summed E-state index contributed by atoms with van der Waals surface area (Å²) in [6.45, 7) is 5.92. The van der Waals surface area contributed by atoms with E-state index in [9.17, 15) is 8.42 Å². The molecule has 126 valence electrons. The van der Waals surface area contributed by atoms with Crippen molar-refractivity contribution in [3.05, 3.63) is 45.8 Å². The Balaban J connectivity index is 2.14. The number of hydrogen-bond acceptors (Lipinski definition) is 5. The third-order valence-corrected chi connectivity index (χ3v) is 5.89. The highest BCUT2D eigenvalue weighted by Crippen LogP contribution is 2.25. The Labute approximate surface area is 154 Å². The molecule has 0 saturated carbocycles. The predicted octanol–water partition coefficient (Wildman–Crippen LogP) is 3.40. The molecule has 0 bridgehead atoms. The Kier molecular flexibility index (Phi) is 4.52. The number of aryl methyl sites for hydroxylation is 1. The quantitative estimate of drug-likeness (QED) is 0.610. The number of nitrogens with zero attached hydrogens (tertiary/aromatic N) is 3. The molecule has 3 aromatic rings. The van der Waals surface area contributed by atoms with E-state index in [0.29, 0.717) is 17.0 Å². The Morgan fingerprint density at radius 3 is 2.50 bits per heavy atom. The van der Waals surface area contributed by atoms with Gasteiger partial charge < -0.3 is 5.32 Å². The zero-order valence-electron chi connectivity index (χ0n) is 13.5. The molecule has 8 heteroatoms. The molecule has 0 aliphatic carbocycles. The van der Waals surface area contributed by atoms with E-state index in [1.165, 1.54) is 3.97 Å². The average molecular weight is 456 g/mol. The van der Waals surface area contributed by atoms with E-state index in [1.54, 1.807) is 36.7 Å². The molecule has 0 fully saturated rings. The number of halogens is 1. The number of benzene rings is 1. The summed E-state index contributed by atoms with van der Waals surface area (Å²) < 4.78 is 27.8. The zero-order valence-corrected chi connectivity index (χ0v) is 16.5. The van der Waals surface area contributed by atoms with Gasteiger partial charge in [0.05, 0.1) is 14.7 Å². The minimum absolute atomic E-state index is 0.216. The van der Waals surface area contributed by atoms with Gasteiger partial charge in [0, 0.05) is 12.2 Å². The lowest BCUT2D eigenvalue weighted by Crippen LogP contribution is -2.14. The maximum Gasteiger partial charge on any atom is 0.269 e. The Morgan fingerprint density at radius 1 is 1.21 bits per heavy atom. The molecule has 1 aromatic carbocycles. The van der Waals surface area contributed by atoms with Crippen LogP contribution in [0.1, 0.15) is 19.4 Å². The van der Waals surface area contributed by atoms with E-state index in [-0.39, 0.29) is 10.9 Å². The van der Waals surface area contributed by atoms with Crippen LogP contribution in [0, 0.1) is 10.5 Å². The van der Waals surface area contributed by atoms with Crippen molar-refractivity contribution in [2.75, 3.05) is 5.32 Å². The molecule has 3 rings (SSSR count). The normalized spacial score (nSPS) is 12.0. The van der Waals surface area contributed by atoms with Crippen LogP contribution < -0.4 is 5.32 Å². The highest BCUT2D eigenvalue weighted by Gasteiger charge is 2.22. The van der Waals surface area contributed by atoms with Gasteiger partial charge in [-0.25, -0.2) is 22.4 Å². The average Bonchev–Trinajstić information content (AvgIpc) is 2.85. The molecule has 0 spiro atoms. The molecule has 1 N–H and O–H groups in total. The molecule has 0 radical (unpaired) electrons. The Morgan fingerprint density at radius 2 is 1.88 bits per heavy atom. The first-order valence-electron chi connectivity index (χ1n) is 7.41. The first-order chi connectivity index (χ1) is 11.3. The summed E-state index contributed by atoms with van der Waals surface area (Å²) in [5.41, 5.74) is 1.90. The van der Waals surface area contributed by atoms with Gasteiger partial charge in [-0.2, -0.15) is 0 Å². The van der Waals surface area contributed by atoms with Gasteiger partial charge in [-0.15, -0.1) is 0 Å². The summed E-state index contributed by atoms with van der Waals surface area (Å²) >= 11 is 2.08. The summed E-state index contributed by atoms with van der Waals surface area (Å²) in [6.07, 6.45) is 3.11. The fourth-order valence-electron chi connectivity index (χ4n) is 2.30. The van der Waals surface area contributed by atoms with Crippen LogP contribution in [0.2, 0.25) is 0 Å². The number of anilines is 1. The maximum atomic E-state index is 12.9. The van der Waals surface area contributed by atoms with Gasteiger partial charge >= 0.3 is 0 Å². The van der Waals surface area contributed by atoms with Gasteiger partial charge in [0.1, 0.15) is 11.3 Å². The molecular weight excluding hydrogens is 439 g/mol. The summed E-state index contributed by atoms with van der Waals surface area (Å²) in [7, 11) is -3.71. The van der Waals surface area contributed by atoms with Crippen LogP contribution >= 0.6 is 22.6 Å². The zero-order chi connectivity index (χ0) is 17.5. The molecule has 2 aromatic heterocycles. The molecule has 2 heterocycles. The SMILES string of the molecule is Cc1ccc(S(=O)(=O)n2cc(I)c3nc(NC(C)C)cnc32)cc1. The first kappa shape index (κ1) is 17.2. The molecule has 0 saturated heterocycles. The standard InChI is InChI=1S/C16H17IN4O2S/c1-10(2)19-14-8-18-16-15(20-14)13(17)9-21(16)24(22,23)12-6-4-11(3)5-7-12/h4-10H,1-3H3,(H,19,20). The molecule has 0 aliphatic rings. The van der Waals surface area contributed by atoms with Crippen LogP contribution in [0.25, 0.3) is 11.2 Å². The fraction of sp³-hybridized carbons (Fsp3) is 0.250. The van der Waals surface area contributed by atoms with Crippen LogP contribution in [0.4, 0.5) is 5.82 Å². The second kappa shape index (κ2) is 6.32. The summed E-state index contributed by atoms with van der Waals surface area (Å²) in [4.78, 5) is 9.04. The van der Waals surface area contributed by atoms with Crippen molar-refractivity contribution in [3.63, 3.8) is 0 Å². The number of hydrogen-bond donors (Lipinski definition) is 1. The minimum atomic E-state index is -3.71. The van der Waals surface area contributed by atoms with Gasteiger partial charge in [-0.1, -0.05) is 17.7 Å². The van der Waals surface area contributed by atoms with Crippen LogP contribution in [-0.4, -0.2) is 28.4 Å². The largest absolute Gasteiger partial charge is 0.367 e. The molecule has 0 atom stereocenters. The van der Waals surface area contributed by atoms with E-state index < -0.39 is 10.0 Å². The van der Waals surface area contributed by atoms with E-state index in [2.05, 4.69) is 37.9 Å². The van der Waals surface area contributed by atoms with Gasteiger partial charge in [0.2, 0.25) is 0 Å². The number of nitrogens with one attached hydrogen (secondary N) is 1. The molecule has 24 heavy (non-hydrogen) atoms. The van der Waals surface area contributed by atoms with Crippen LogP contribution in [0.15, 0.2) is 41.6 Å². The number of rotatable bonds is 4. The van der Waals surface area contributed by atoms with E-state index >= 15 is 0 Å². The topological polar surface area (TPSA) is 76.9 Å². The summed E-state index contributed by atoms with van der Waals surface area (Å²) in [5, 5.41) is 3.17. The van der Waals surface area contributed by atoms with Crippen molar-refractivity contribution in [2.24, 2.45) is 0 Å². The lowest BCUT2D eigenvalue weighted by atomic mass is 10.2. The van der Waals surface area contributed by atoms with Gasteiger partial charge in [0.25, 0.3) is 10.0 Å². The van der Waals surface area contributed by atoms with Crippen molar-refractivity contribution in [2.45, 2.75) is 31.7 Å². The van der Waals surface area contributed by atoms with Crippen molar-refractivity contribution in [1.82, 2.24) is 13.9 Å². The second-order valence-electron chi connectivity index (χ2n) is 5.82. The van der Waals surface area contributed by atoms with Crippen molar-refractivity contribution in [1.29, 1.82) is 0 Å². The first-order valence-corrected chi connectivity index (χ1v) is 9.93. The minimum Gasteiger partial charge on any atom is -0.367 e. The highest BCUT2D eigenvalue weighted by atomic mass is 127. The smallest absolute Gasteiger partial charge is 0.269 e. The van der Waals surface area contributed by atoms with E-state index in [0.717, 1.165) is 9.13 Å². The molecular formula is C16H17IN4O2S. The molecule has 6 nitrogen and oxygen atoms in total. The number of fused-ring (bicyclic) bond motifs is 1. The molecule has 0 aliphatic heterocycles. The summed E-state index contributed by atoms with van der Waals surface area (Å²) in [5.74, 6) is 0.626.